The van der Waals surface area contributed by atoms with Gasteiger partial charge in [-0.3, -0.25) is 4.79 Å². The summed E-state index contributed by atoms with van der Waals surface area (Å²) in [5.41, 5.74) is -0.148. The third-order valence-electron chi connectivity index (χ3n) is 4.39. The second kappa shape index (κ2) is 6.25. The molecule has 3 rings (SSSR count). The van der Waals surface area contributed by atoms with Crippen molar-refractivity contribution >= 4 is 34.4 Å². The van der Waals surface area contributed by atoms with Crippen molar-refractivity contribution in [1.29, 1.82) is 0 Å². The van der Waals surface area contributed by atoms with Gasteiger partial charge in [0, 0.05) is 24.7 Å². The maximum absolute atomic E-state index is 12.9. The zero-order valence-electron chi connectivity index (χ0n) is 12.9. The lowest BCUT2D eigenvalue weighted by atomic mass is 10.1. The SMILES string of the molecule is O=C(O)N1CCC[C@H]1Cn1cc(C(=O)C(F)(F)F)c2c(Cl)cccc21. The molecule has 2 heterocycles. The third kappa shape index (κ3) is 3.18. The maximum atomic E-state index is 12.9. The standard InChI is InChI=1S/C16H14ClF3N2O3/c17-11-4-1-5-12-13(11)10(14(23)16(18,19)20)8-21(12)7-9-3-2-6-22(9)15(24)25/h1,4-5,8-9H,2-3,6-7H2,(H,24,25)/t9-/m0/s1. The first-order valence-corrected chi connectivity index (χ1v) is 7.96. The summed E-state index contributed by atoms with van der Waals surface area (Å²) in [6, 6.07) is 4.20. The van der Waals surface area contributed by atoms with Crippen LogP contribution in [-0.2, 0) is 6.54 Å². The largest absolute Gasteiger partial charge is 0.465 e. The van der Waals surface area contributed by atoms with E-state index in [9.17, 15) is 27.9 Å². The molecule has 134 valence electrons. The van der Waals surface area contributed by atoms with Crippen LogP contribution in [0.15, 0.2) is 24.4 Å². The van der Waals surface area contributed by atoms with Gasteiger partial charge in [0.1, 0.15) is 0 Å². The van der Waals surface area contributed by atoms with E-state index in [1.807, 2.05) is 0 Å². The minimum atomic E-state index is -5.02. The van der Waals surface area contributed by atoms with Crippen LogP contribution in [0.3, 0.4) is 0 Å². The molecule has 9 heteroatoms. The van der Waals surface area contributed by atoms with E-state index in [0.29, 0.717) is 24.9 Å². The van der Waals surface area contributed by atoms with Crippen LogP contribution in [0.1, 0.15) is 23.2 Å². The van der Waals surface area contributed by atoms with Crippen molar-refractivity contribution in [2.45, 2.75) is 31.6 Å². The van der Waals surface area contributed by atoms with Crippen LogP contribution in [0.4, 0.5) is 18.0 Å². The molecule has 0 bridgehead atoms. The Labute approximate surface area is 145 Å². The Kier molecular flexibility index (Phi) is 4.40. The highest BCUT2D eigenvalue weighted by Crippen LogP contribution is 2.34. The van der Waals surface area contributed by atoms with E-state index >= 15 is 0 Å². The first-order valence-electron chi connectivity index (χ1n) is 7.58. The van der Waals surface area contributed by atoms with Gasteiger partial charge in [0.25, 0.3) is 5.78 Å². The fourth-order valence-electron chi connectivity index (χ4n) is 3.29. The van der Waals surface area contributed by atoms with E-state index in [1.165, 1.54) is 15.5 Å². The van der Waals surface area contributed by atoms with Gasteiger partial charge in [-0.15, -0.1) is 0 Å². The van der Waals surface area contributed by atoms with Gasteiger partial charge in [-0.2, -0.15) is 13.2 Å². The van der Waals surface area contributed by atoms with Crippen molar-refractivity contribution < 1.29 is 27.9 Å². The van der Waals surface area contributed by atoms with Crippen LogP contribution in [0, 0.1) is 0 Å². The predicted molar refractivity (Wildman–Crippen MR) is 85.1 cm³/mol. The summed E-state index contributed by atoms with van der Waals surface area (Å²) < 4.78 is 40.1. The highest BCUT2D eigenvalue weighted by molar-refractivity contribution is 6.37. The average molecular weight is 375 g/mol. The van der Waals surface area contributed by atoms with Crippen molar-refractivity contribution in [3.8, 4) is 0 Å². The zero-order chi connectivity index (χ0) is 18.4. The lowest BCUT2D eigenvalue weighted by molar-refractivity contribution is -0.0884. The number of hydrogen-bond acceptors (Lipinski definition) is 2. The number of aromatic nitrogens is 1. The van der Waals surface area contributed by atoms with Gasteiger partial charge in [-0.25, -0.2) is 4.79 Å². The predicted octanol–water partition coefficient (Wildman–Crippen LogP) is 4.18. The Morgan fingerprint density at radius 2 is 2.04 bits per heavy atom. The van der Waals surface area contributed by atoms with E-state index in [1.54, 1.807) is 12.1 Å². The van der Waals surface area contributed by atoms with Gasteiger partial charge in [-0.1, -0.05) is 17.7 Å². The number of alkyl halides is 3. The van der Waals surface area contributed by atoms with Gasteiger partial charge in [0.15, 0.2) is 0 Å². The molecule has 0 saturated carbocycles. The molecule has 5 nitrogen and oxygen atoms in total. The molecule has 1 atom stereocenters. The van der Waals surface area contributed by atoms with Gasteiger partial charge >= 0.3 is 12.3 Å². The quantitative estimate of drug-likeness (QED) is 0.820. The molecule has 2 aromatic rings. The lowest BCUT2D eigenvalue weighted by Crippen LogP contribution is -2.36. The second-order valence-corrected chi connectivity index (χ2v) is 6.34. The van der Waals surface area contributed by atoms with E-state index in [-0.39, 0.29) is 23.0 Å². The van der Waals surface area contributed by atoms with Gasteiger partial charge in [0.05, 0.1) is 22.1 Å². The monoisotopic (exact) mass is 374 g/mol. The molecule has 0 unspecified atom stereocenters. The molecule has 0 radical (unpaired) electrons. The summed E-state index contributed by atoms with van der Waals surface area (Å²) in [6.07, 6.45) is -3.67. The first kappa shape index (κ1) is 17.6. The molecular weight excluding hydrogens is 361 g/mol. The Balaban J connectivity index is 2.06. The van der Waals surface area contributed by atoms with Crippen molar-refractivity contribution in [3.05, 3.63) is 35.0 Å². The summed E-state index contributed by atoms with van der Waals surface area (Å²) >= 11 is 6.03. The van der Waals surface area contributed by atoms with Gasteiger partial charge < -0.3 is 14.6 Å². The van der Waals surface area contributed by atoms with Gasteiger partial charge in [0.2, 0.25) is 0 Å². The number of nitrogens with zero attached hydrogens (tertiary/aromatic N) is 2. The third-order valence-corrected chi connectivity index (χ3v) is 4.70. The zero-order valence-corrected chi connectivity index (χ0v) is 13.6. The Bertz CT molecular complexity index is 847. The number of rotatable bonds is 3. The minimum absolute atomic E-state index is 0.0337. The summed E-state index contributed by atoms with van der Waals surface area (Å²) in [6.45, 7) is 0.544. The molecule has 1 aliphatic heterocycles. The normalized spacial score (nSPS) is 18.1. The number of benzene rings is 1. The number of carbonyl (C=O) groups is 2. The fourth-order valence-corrected chi connectivity index (χ4v) is 3.56. The van der Waals surface area contributed by atoms with Crippen LogP contribution >= 0.6 is 11.6 Å². The molecule has 1 aromatic heterocycles. The number of ketones is 1. The number of likely N-dealkylation sites (tertiary alicyclic amines) is 1. The Morgan fingerprint density at radius 1 is 1.32 bits per heavy atom. The summed E-state index contributed by atoms with van der Waals surface area (Å²) in [5.74, 6) is -1.97. The molecule has 1 fully saturated rings. The smallest absolute Gasteiger partial charge is 0.454 e. The highest BCUT2D eigenvalue weighted by atomic mass is 35.5. The molecule has 1 N–H and O–H groups in total. The van der Waals surface area contributed by atoms with E-state index in [0.717, 1.165) is 6.20 Å². The molecule has 0 aliphatic carbocycles. The fraction of sp³-hybridized carbons (Fsp3) is 0.375. The lowest BCUT2D eigenvalue weighted by Gasteiger charge is -2.22. The number of amides is 1. The van der Waals surface area contributed by atoms with Crippen LogP contribution in [0.5, 0.6) is 0 Å². The van der Waals surface area contributed by atoms with Crippen molar-refractivity contribution in [2.75, 3.05) is 6.54 Å². The van der Waals surface area contributed by atoms with Gasteiger partial charge in [-0.05, 0) is 25.0 Å². The van der Waals surface area contributed by atoms with Crippen LogP contribution in [0.2, 0.25) is 5.02 Å². The van der Waals surface area contributed by atoms with E-state index < -0.39 is 23.6 Å². The number of carbonyl (C=O) groups excluding carboxylic acids is 1. The van der Waals surface area contributed by atoms with Crippen molar-refractivity contribution in [2.24, 2.45) is 0 Å². The molecule has 0 spiro atoms. The van der Waals surface area contributed by atoms with Crippen LogP contribution in [-0.4, -0.2) is 45.2 Å². The van der Waals surface area contributed by atoms with Crippen LogP contribution < -0.4 is 0 Å². The summed E-state index contributed by atoms with van der Waals surface area (Å²) in [7, 11) is 0. The number of carboxylic acid groups (broad SMARTS) is 1. The molecule has 1 aliphatic rings. The summed E-state index contributed by atoms with van der Waals surface area (Å²) in [5, 5.41) is 9.29. The van der Waals surface area contributed by atoms with Crippen molar-refractivity contribution in [3.63, 3.8) is 0 Å². The topological polar surface area (TPSA) is 62.5 Å². The van der Waals surface area contributed by atoms with E-state index in [4.69, 9.17) is 11.6 Å². The second-order valence-electron chi connectivity index (χ2n) is 5.93. The molecular formula is C16H14ClF3N2O3. The highest BCUT2D eigenvalue weighted by Gasteiger charge is 2.41. The average Bonchev–Trinajstić information content (AvgIpc) is 3.12. The number of halogens is 4. The summed E-state index contributed by atoms with van der Waals surface area (Å²) in [4.78, 5) is 24.3. The molecule has 25 heavy (non-hydrogen) atoms. The number of Topliss-reactive ketones (excluding diaryl/α,β-unsaturated/α-hetero) is 1. The number of fused-ring (bicyclic) bond motifs is 1. The van der Waals surface area contributed by atoms with E-state index in [2.05, 4.69) is 0 Å². The van der Waals surface area contributed by atoms with Crippen molar-refractivity contribution in [1.82, 2.24) is 9.47 Å². The molecule has 1 aromatic carbocycles. The Morgan fingerprint density at radius 3 is 2.68 bits per heavy atom. The Hall–Kier alpha value is -2.22. The van der Waals surface area contributed by atoms with Crippen LogP contribution in [0.25, 0.3) is 10.9 Å². The maximum Gasteiger partial charge on any atom is 0.454 e. The first-order chi connectivity index (χ1) is 11.7. The number of hydrogen-bond donors (Lipinski definition) is 1. The molecule has 1 amide bonds. The minimum Gasteiger partial charge on any atom is -0.465 e. The molecule has 1 saturated heterocycles.